The van der Waals surface area contributed by atoms with Gasteiger partial charge in [-0.3, -0.25) is 4.72 Å². The molecule has 0 spiro atoms. The van der Waals surface area contributed by atoms with Crippen LogP contribution in [0.4, 0.5) is 14.5 Å². The average molecular weight is 390 g/mol. The molecule has 1 aromatic carbocycles. The zero-order valence-electron chi connectivity index (χ0n) is 13.8. The van der Waals surface area contributed by atoms with Gasteiger partial charge in [0.15, 0.2) is 5.82 Å². The van der Waals surface area contributed by atoms with Crippen LogP contribution in [-0.4, -0.2) is 48.5 Å². The second-order valence-electron chi connectivity index (χ2n) is 4.89. The molecule has 0 aliphatic heterocycles. The van der Waals surface area contributed by atoms with E-state index in [1.165, 1.54) is 26.4 Å². The molecule has 26 heavy (non-hydrogen) atoms. The number of nitrogens with zero attached hydrogens (tertiary/aromatic N) is 3. The van der Waals surface area contributed by atoms with Gasteiger partial charge in [0.2, 0.25) is 0 Å². The third-order valence-electron chi connectivity index (χ3n) is 3.19. The number of para-hydroxylation sites is 1. The summed E-state index contributed by atoms with van der Waals surface area (Å²) in [5.41, 5.74) is 0.131. The van der Waals surface area contributed by atoms with Gasteiger partial charge < -0.3 is 14.6 Å². The highest BCUT2D eigenvalue weighted by atomic mass is 32.2. The minimum atomic E-state index is -4.91. The van der Waals surface area contributed by atoms with Crippen molar-refractivity contribution in [2.75, 3.05) is 18.9 Å². The fraction of sp³-hybridized carbons (Fsp3) is 0.357. The molecule has 1 aromatic heterocycles. The van der Waals surface area contributed by atoms with Crippen LogP contribution in [0.2, 0.25) is 0 Å². The van der Waals surface area contributed by atoms with E-state index >= 15 is 0 Å². The second-order valence-corrected chi connectivity index (χ2v) is 6.54. The van der Waals surface area contributed by atoms with Crippen LogP contribution in [0.25, 0.3) is 0 Å². The van der Waals surface area contributed by atoms with Gasteiger partial charge in [0.05, 0.1) is 19.9 Å². The highest BCUT2D eigenvalue weighted by Crippen LogP contribution is 2.31. The standard InChI is InChI=1S/C14H16F2N4O5S/c1-24-9-5-3-4-8(12(9)20-26(22,23)13(15)16)6-10-17-11(7-21)19-14(18-10)25-2/h3-5,13,20-21H,6-7H2,1-2H3. The average Bonchev–Trinajstić information content (AvgIpc) is 2.62. The summed E-state index contributed by atoms with van der Waals surface area (Å²) in [6, 6.07) is 4.43. The molecule has 0 saturated carbocycles. The second kappa shape index (κ2) is 8.19. The summed E-state index contributed by atoms with van der Waals surface area (Å²) in [7, 11) is -2.31. The molecule has 142 valence electrons. The van der Waals surface area contributed by atoms with Gasteiger partial charge in [-0.1, -0.05) is 12.1 Å². The lowest BCUT2D eigenvalue weighted by Gasteiger charge is -2.15. The lowest BCUT2D eigenvalue weighted by molar-refractivity contribution is 0.236. The van der Waals surface area contributed by atoms with Gasteiger partial charge in [0, 0.05) is 6.42 Å². The van der Waals surface area contributed by atoms with E-state index in [1.807, 2.05) is 4.72 Å². The predicted octanol–water partition coefficient (Wildman–Crippen LogP) is 0.936. The minimum absolute atomic E-state index is 0.0448. The van der Waals surface area contributed by atoms with Crippen LogP contribution < -0.4 is 14.2 Å². The first-order valence-electron chi connectivity index (χ1n) is 7.15. The lowest BCUT2D eigenvalue weighted by Crippen LogP contribution is -2.22. The number of sulfonamides is 1. The van der Waals surface area contributed by atoms with Crippen molar-refractivity contribution in [3.63, 3.8) is 0 Å². The maximum absolute atomic E-state index is 12.7. The first-order valence-corrected chi connectivity index (χ1v) is 8.69. The Bertz CT molecular complexity index is 857. The fourth-order valence-corrected chi connectivity index (χ4v) is 2.66. The summed E-state index contributed by atoms with van der Waals surface area (Å²) in [5.74, 6) is -3.37. The van der Waals surface area contributed by atoms with Gasteiger partial charge in [-0.15, -0.1) is 0 Å². The SMILES string of the molecule is COc1nc(CO)nc(Cc2cccc(OC)c2NS(=O)(=O)C(F)F)n1. The number of aliphatic hydroxyl groups excluding tert-OH is 1. The molecular weight excluding hydrogens is 374 g/mol. The molecule has 0 saturated heterocycles. The Balaban J connectivity index is 2.47. The minimum Gasteiger partial charge on any atom is -0.495 e. The molecule has 9 nitrogen and oxygen atoms in total. The molecule has 2 aromatic rings. The summed E-state index contributed by atoms with van der Waals surface area (Å²) in [5, 5.41) is 9.20. The number of aromatic nitrogens is 3. The topological polar surface area (TPSA) is 124 Å². The van der Waals surface area contributed by atoms with Crippen molar-refractivity contribution in [1.29, 1.82) is 0 Å². The Labute approximate surface area is 148 Å². The largest absolute Gasteiger partial charge is 0.495 e. The number of rotatable bonds is 8. The van der Waals surface area contributed by atoms with Crippen LogP contribution in [0, 0.1) is 0 Å². The fourth-order valence-electron chi connectivity index (χ4n) is 2.05. The summed E-state index contributed by atoms with van der Waals surface area (Å²) in [6.07, 6.45) is -0.0514. The van der Waals surface area contributed by atoms with Crippen molar-refractivity contribution in [1.82, 2.24) is 15.0 Å². The van der Waals surface area contributed by atoms with Gasteiger partial charge in [0.1, 0.15) is 18.2 Å². The number of benzene rings is 1. The van der Waals surface area contributed by atoms with Crippen molar-refractivity contribution in [3.05, 3.63) is 35.4 Å². The Kier molecular flexibility index (Phi) is 6.21. The molecular formula is C14H16F2N4O5S. The zero-order chi connectivity index (χ0) is 19.3. The van der Waals surface area contributed by atoms with Crippen LogP contribution in [-0.2, 0) is 23.1 Å². The number of ether oxygens (including phenoxy) is 2. The monoisotopic (exact) mass is 390 g/mol. The molecule has 0 unspecified atom stereocenters. The number of halogens is 2. The smallest absolute Gasteiger partial charge is 0.355 e. The predicted molar refractivity (Wildman–Crippen MR) is 86.6 cm³/mol. The number of methoxy groups -OCH3 is 2. The van der Waals surface area contributed by atoms with E-state index in [1.54, 1.807) is 6.07 Å². The first-order chi connectivity index (χ1) is 12.3. The van der Waals surface area contributed by atoms with Crippen molar-refractivity contribution >= 4 is 15.7 Å². The van der Waals surface area contributed by atoms with Crippen molar-refractivity contribution in [2.45, 2.75) is 18.8 Å². The van der Waals surface area contributed by atoms with Crippen LogP contribution in [0.1, 0.15) is 17.2 Å². The quantitative estimate of drug-likeness (QED) is 0.682. The Morgan fingerprint density at radius 3 is 2.42 bits per heavy atom. The van der Waals surface area contributed by atoms with Gasteiger partial charge >= 0.3 is 11.8 Å². The summed E-state index contributed by atoms with van der Waals surface area (Å²) in [6.45, 7) is -0.463. The maximum Gasteiger partial charge on any atom is 0.355 e. The summed E-state index contributed by atoms with van der Waals surface area (Å²) in [4.78, 5) is 11.8. The van der Waals surface area contributed by atoms with E-state index in [2.05, 4.69) is 15.0 Å². The van der Waals surface area contributed by atoms with E-state index in [0.29, 0.717) is 0 Å². The van der Waals surface area contributed by atoms with Crippen molar-refractivity contribution < 1.29 is 31.8 Å². The van der Waals surface area contributed by atoms with Crippen LogP contribution in [0.3, 0.4) is 0 Å². The molecule has 0 atom stereocenters. The van der Waals surface area contributed by atoms with Gasteiger partial charge in [-0.05, 0) is 11.6 Å². The number of anilines is 1. The number of alkyl halides is 2. The number of nitrogens with one attached hydrogen (secondary N) is 1. The maximum atomic E-state index is 12.7. The van der Waals surface area contributed by atoms with Crippen LogP contribution >= 0.6 is 0 Å². The van der Waals surface area contributed by atoms with E-state index in [4.69, 9.17) is 9.47 Å². The van der Waals surface area contributed by atoms with Crippen molar-refractivity contribution in [2.24, 2.45) is 0 Å². The molecule has 12 heteroatoms. The number of hydrogen-bond acceptors (Lipinski definition) is 8. The summed E-state index contributed by atoms with van der Waals surface area (Å²) < 4.78 is 60.4. The van der Waals surface area contributed by atoms with E-state index in [9.17, 15) is 22.3 Å². The van der Waals surface area contributed by atoms with E-state index in [0.717, 1.165) is 0 Å². The highest BCUT2D eigenvalue weighted by molar-refractivity contribution is 7.93. The number of aliphatic hydroxyl groups is 1. The third kappa shape index (κ3) is 4.52. The molecule has 1 heterocycles. The summed E-state index contributed by atoms with van der Waals surface area (Å²) >= 11 is 0. The van der Waals surface area contributed by atoms with Gasteiger partial charge in [-0.25, -0.2) is 13.4 Å². The van der Waals surface area contributed by atoms with E-state index in [-0.39, 0.29) is 41.1 Å². The Hall–Kier alpha value is -2.60. The molecule has 0 aliphatic carbocycles. The van der Waals surface area contributed by atoms with Crippen molar-refractivity contribution in [3.8, 4) is 11.8 Å². The lowest BCUT2D eigenvalue weighted by atomic mass is 10.1. The molecule has 2 N–H and O–H groups in total. The Morgan fingerprint density at radius 2 is 1.85 bits per heavy atom. The van der Waals surface area contributed by atoms with Crippen LogP contribution in [0.15, 0.2) is 18.2 Å². The molecule has 0 radical (unpaired) electrons. The number of hydrogen-bond donors (Lipinski definition) is 2. The molecule has 0 fully saturated rings. The van der Waals surface area contributed by atoms with E-state index < -0.39 is 22.4 Å². The van der Waals surface area contributed by atoms with Gasteiger partial charge in [-0.2, -0.15) is 18.7 Å². The molecule has 0 aliphatic rings. The molecule has 0 bridgehead atoms. The molecule has 0 amide bonds. The Morgan fingerprint density at radius 1 is 1.15 bits per heavy atom. The normalized spacial score (nSPS) is 11.5. The first kappa shape index (κ1) is 19.7. The third-order valence-corrected chi connectivity index (χ3v) is 4.15. The van der Waals surface area contributed by atoms with Crippen LogP contribution in [0.5, 0.6) is 11.8 Å². The zero-order valence-corrected chi connectivity index (χ0v) is 14.6. The van der Waals surface area contributed by atoms with Gasteiger partial charge in [0.25, 0.3) is 10.0 Å². The highest BCUT2D eigenvalue weighted by Gasteiger charge is 2.26. The molecule has 2 rings (SSSR count).